The molecule has 21 heavy (non-hydrogen) atoms. The molecule has 2 heterocycles. The van der Waals surface area contributed by atoms with E-state index < -0.39 is 0 Å². The Morgan fingerprint density at radius 3 is 2.67 bits per heavy atom. The van der Waals surface area contributed by atoms with Gasteiger partial charge in [0.2, 0.25) is 0 Å². The zero-order valence-electron chi connectivity index (χ0n) is 13.2. The van der Waals surface area contributed by atoms with Gasteiger partial charge in [-0.1, -0.05) is 29.8 Å². The number of nitrogens with zero attached hydrogens (tertiary/aromatic N) is 1. The van der Waals surface area contributed by atoms with Gasteiger partial charge in [-0.15, -0.1) is 0 Å². The number of hydrogen-bond acceptors (Lipinski definition) is 3. The smallest absolute Gasteiger partial charge is 0.311 e. The summed E-state index contributed by atoms with van der Waals surface area (Å²) in [4.78, 5) is 14.9. The zero-order chi connectivity index (χ0) is 15.0. The highest BCUT2D eigenvalue weighted by atomic mass is 16.5. The highest BCUT2D eigenvalue weighted by Crippen LogP contribution is 2.46. The van der Waals surface area contributed by atoms with E-state index in [0.29, 0.717) is 24.6 Å². The summed E-state index contributed by atoms with van der Waals surface area (Å²) in [6.45, 7) is 4.46. The Kier molecular flexibility index (Phi) is 4.03. The molecular formula is C18H25NO2. The zero-order valence-corrected chi connectivity index (χ0v) is 13.2. The monoisotopic (exact) mass is 287 g/mol. The molecule has 2 saturated heterocycles. The van der Waals surface area contributed by atoms with Gasteiger partial charge in [-0.2, -0.15) is 0 Å². The fourth-order valence-electron chi connectivity index (χ4n) is 4.18. The predicted molar refractivity (Wildman–Crippen MR) is 83.2 cm³/mol. The van der Waals surface area contributed by atoms with Crippen molar-refractivity contribution in [1.29, 1.82) is 0 Å². The van der Waals surface area contributed by atoms with Gasteiger partial charge >= 0.3 is 5.97 Å². The molecule has 0 aromatic heterocycles. The van der Waals surface area contributed by atoms with E-state index in [9.17, 15) is 4.79 Å². The highest BCUT2D eigenvalue weighted by molar-refractivity contribution is 5.75. The highest BCUT2D eigenvalue weighted by Gasteiger charge is 2.49. The first-order valence-electron chi connectivity index (χ1n) is 8.07. The van der Waals surface area contributed by atoms with Crippen molar-refractivity contribution in [2.45, 2.75) is 51.1 Å². The fourth-order valence-corrected chi connectivity index (χ4v) is 4.18. The Morgan fingerprint density at radius 2 is 2.00 bits per heavy atom. The maximum Gasteiger partial charge on any atom is 0.311 e. The maximum absolute atomic E-state index is 12.5. The molecule has 2 aliphatic heterocycles. The Hall–Kier alpha value is -1.35. The molecule has 2 aliphatic rings. The molecular weight excluding hydrogens is 262 g/mol. The molecule has 114 valence electrons. The van der Waals surface area contributed by atoms with Gasteiger partial charge in [0.25, 0.3) is 0 Å². The Bertz CT molecular complexity index is 510. The summed E-state index contributed by atoms with van der Waals surface area (Å²) in [5.74, 6) is 0.273. The molecule has 0 spiro atoms. The van der Waals surface area contributed by atoms with Crippen LogP contribution in [0.2, 0.25) is 0 Å². The van der Waals surface area contributed by atoms with E-state index in [0.717, 1.165) is 12.8 Å². The molecule has 0 saturated carbocycles. The van der Waals surface area contributed by atoms with Gasteiger partial charge in [0, 0.05) is 18.0 Å². The van der Waals surface area contributed by atoms with Crippen LogP contribution in [0.3, 0.4) is 0 Å². The number of hydrogen-bond donors (Lipinski definition) is 0. The van der Waals surface area contributed by atoms with E-state index in [2.05, 4.69) is 43.1 Å². The van der Waals surface area contributed by atoms with Crippen molar-refractivity contribution in [3.63, 3.8) is 0 Å². The molecule has 0 N–H and O–H groups in total. The van der Waals surface area contributed by atoms with Crippen molar-refractivity contribution in [3.05, 3.63) is 35.4 Å². The number of carbonyl (C=O) groups is 1. The van der Waals surface area contributed by atoms with Crippen LogP contribution in [0.5, 0.6) is 0 Å². The van der Waals surface area contributed by atoms with Crippen molar-refractivity contribution in [2.24, 2.45) is 5.92 Å². The number of rotatable bonds is 3. The first-order valence-corrected chi connectivity index (χ1v) is 8.07. The van der Waals surface area contributed by atoms with E-state index in [1.807, 2.05) is 6.92 Å². The van der Waals surface area contributed by atoms with Gasteiger partial charge in [-0.05, 0) is 45.7 Å². The van der Waals surface area contributed by atoms with Crippen molar-refractivity contribution in [2.75, 3.05) is 13.7 Å². The van der Waals surface area contributed by atoms with Crippen LogP contribution in [-0.2, 0) is 9.53 Å². The minimum absolute atomic E-state index is 0.0136. The van der Waals surface area contributed by atoms with E-state index in [1.54, 1.807) is 0 Å². The van der Waals surface area contributed by atoms with Gasteiger partial charge < -0.3 is 4.74 Å². The number of benzene rings is 1. The topological polar surface area (TPSA) is 29.5 Å². The summed E-state index contributed by atoms with van der Waals surface area (Å²) in [6, 6.07) is 9.64. The van der Waals surface area contributed by atoms with Crippen LogP contribution in [0.1, 0.15) is 43.2 Å². The van der Waals surface area contributed by atoms with Gasteiger partial charge in [0.05, 0.1) is 12.5 Å². The van der Waals surface area contributed by atoms with Crippen LogP contribution < -0.4 is 0 Å². The third kappa shape index (κ3) is 2.59. The number of esters is 1. The van der Waals surface area contributed by atoms with E-state index in [1.165, 1.54) is 17.5 Å². The summed E-state index contributed by atoms with van der Waals surface area (Å²) < 4.78 is 5.39. The minimum Gasteiger partial charge on any atom is -0.466 e. The van der Waals surface area contributed by atoms with Crippen molar-refractivity contribution >= 4 is 5.97 Å². The van der Waals surface area contributed by atoms with Crippen LogP contribution in [0.25, 0.3) is 0 Å². The Balaban J connectivity index is 1.92. The normalized spacial score (nSPS) is 32.1. The second kappa shape index (κ2) is 5.80. The SMILES string of the molecule is CCOC(=O)[C@H]1[C@H](c2ccc(C)cc2)C[C@H]2CC[C@@H]1N2C. The predicted octanol–water partition coefficient (Wildman–Crippen LogP) is 3.12. The third-order valence-corrected chi connectivity index (χ3v) is 5.33. The number of piperidine rings is 1. The largest absolute Gasteiger partial charge is 0.466 e. The van der Waals surface area contributed by atoms with Crippen LogP contribution in [-0.4, -0.2) is 36.6 Å². The van der Waals surface area contributed by atoms with Crippen LogP contribution in [0.4, 0.5) is 0 Å². The van der Waals surface area contributed by atoms with E-state index >= 15 is 0 Å². The first kappa shape index (κ1) is 14.6. The fraction of sp³-hybridized carbons (Fsp3) is 0.611. The second-order valence-corrected chi connectivity index (χ2v) is 6.49. The molecule has 0 aliphatic carbocycles. The molecule has 1 aromatic rings. The molecule has 3 heteroatoms. The molecule has 0 radical (unpaired) electrons. The van der Waals surface area contributed by atoms with Crippen molar-refractivity contribution < 1.29 is 9.53 Å². The lowest BCUT2D eigenvalue weighted by molar-refractivity contribution is -0.152. The second-order valence-electron chi connectivity index (χ2n) is 6.49. The summed E-state index contributed by atoms with van der Waals surface area (Å²) in [6.07, 6.45) is 3.39. The lowest BCUT2D eigenvalue weighted by Crippen LogP contribution is -2.49. The third-order valence-electron chi connectivity index (χ3n) is 5.33. The molecule has 3 nitrogen and oxygen atoms in total. The molecule has 4 atom stereocenters. The first-order chi connectivity index (χ1) is 10.1. The van der Waals surface area contributed by atoms with E-state index in [4.69, 9.17) is 4.74 Å². The number of aryl methyl sites for hydroxylation is 1. The molecule has 2 fully saturated rings. The van der Waals surface area contributed by atoms with E-state index in [-0.39, 0.29) is 11.9 Å². The maximum atomic E-state index is 12.5. The lowest BCUT2D eigenvalue weighted by atomic mass is 9.76. The summed E-state index contributed by atoms with van der Waals surface area (Å²) in [5.41, 5.74) is 2.56. The quantitative estimate of drug-likeness (QED) is 0.800. The number of fused-ring (bicyclic) bond motifs is 2. The Labute approximate surface area is 127 Å². The molecule has 1 aromatic carbocycles. The van der Waals surface area contributed by atoms with Crippen LogP contribution in [0.15, 0.2) is 24.3 Å². The molecule has 0 unspecified atom stereocenters. The molecule has 2 bridgehead atoms. The minimum atomic E-state index is -0.0172. The summed E-state index contributed by atoms with van der Waals surface area (Å²) >= 11 is 0. The summed E-state index contributed by atoms with van der Waals surface area (Å²) in [7, 11) is 2.17. The number of carbonyl (C=O) groups excluding carboxylic acids is 1. The van der Waals surface area contributed by atoms with Crippen LogP contribution in [0, 0.1) is 12.8 Å². The van der Waals surface area contributed by atoms with Gasteiger partial charge in [0.1, 0.15) is 0 Å². The Morgan fingerprint density at radius 1 is 1.29 bits per heavy atom. The van der Waals surface area contributed by atoms with Crippen LogP contribution >= 0.6 is 0 Å². The molecule has 3 rings (SSSR count). The summed E-state index contributed by atoms with van der Waals surface area (Å²) in [5, 5.41) is 0. The van der Waals surface area contributed by atoms with Gasteiger partial charge in [-0.3, -0.25) is 9.69 Å². The van der Waals surface area contributed by atoms with Crippen molar-refractivity contribution in [3.8, 4) is 0 Å². The average molecular weight is 287 g/mol. The standard InChI is InChI=1S/C18H25NO2/c1-4-21-18(20)17-15(13-7-5-12(2)6-8-13)11-14-9-10-16(17)19(14)3/h5-8,14-17H,4,9-11H2,1-3H3/t14-,15+,16+,17+/m1/s1. The number of ether oxygens (including phenoxy) is 1. The van der Waals surface area contributed by atoms with Gasteiger partial charge in [-0.25, -0.2) is 0 Å². The molecule has 0 amide bonds. The van der Waals surface area contributed by atoms with Crippen molar-refractivity contribution in [1.82, 2.24) is 4.90 Å². The average Bonchev–Trinajstić information content (AvgIpc) is 2.72. The lowest BCUT2D eigenvalue weighted by Gasteiger charge is -2.41. The van der Waals surface area contributed by atoms with Gasteiger partial charge in [0.15, 0.2) is 0 Å².